The maximum Gasteiger partial charge on any atom is 0.303 e. The zero-order chi connectivity index (χ0) is 9.68. The van der Waals surface area contributed by atoms with Crippen molar-refractivity contribution in [1.82, 2.24) is 9.78 Å². The minimum atomic E-state index is -0.729. The molecule has 72 valence electrons. The molecule has 1 rings (SSSR count). The number of hydrogen-bond acceptors (Lipinski definition) is 2. The van der Waals surface area contributed by atoms with Crippen molar-refractivity contribution in [2.75, 3.05) is 0 Å². The summed E-state index contributed by atoms with van der Waals surface area (Å²) in [6.07, 6.45) is 4.70. The molecule has 1 unspecified atom stereocenters. The minimum absolute atomic E-state index is 0.210. The second-order valence-electron chi connectivity index (χ2n) is 3.26. The molecule has 1 N–H and O–H groups in total. The van der Waals surface area contributed by atoms with E-state index in [1.54, 1.807) is 6.20 Å². The van der Waals surface area contributed by atoms with Gasteiger partial charge in [0.15, 0.2) is 0 Å². The highest BCUT2D eigenvalue weighted by atomic mass is 16.4. The van der Waals surface area contributed by atoms with E-state index in [0.29, 0.717) is 0 Å². The van der Waals surface area contributed by atoms with Crippen LogP contribution in [0.1, 0.15) is 19.8 Å². The van der Waals surface area contributed by atoms with Crippen molar-refractivity contribution in [3.8, 4) is 0 Å². The molecule has 0 aliphatic heterocycles. The van der Waals surface area contributed by atoms with Gasteiger partial charge in [0.05, 0.1) is 0 Å². The van der Waals surface area contributed by atoms with Gasteiger partial charge in [-0.2, -0.15) is 5.10 Å². The molecule has 1 atom stereocenters. The Labute approximate surface area is 77.2 Å². The number of carbonyl (C=O) groups is 1. The predicted octanol–water partition coefficient (Wildman–Crippen LogP) is 1.38. The van der Waals surface area contributed by atoms with Crippen LogP contribution in [0.4, 0.5) is 0 Å². The number of nitrogens with zero attached hydrogens (tertiary/aromatic N) is 2. The van der Waals surface area contributed by atoms with Gasteiger partial charge in [-0.05, 0) is 18.4 Å². The first-order valence-corrected chi connectivity index (χ1v) is 4.37. The van der Waals surface area contributed by atoms with Gasteiger partial charge in [-0.1, -0.05) is 6.92 Å². The third-order valence-corrected chi connectivity index (χ3v) is 1.93. The average Bonchev–Trinajstić information content (AvgIpc) is 2.51. The molecular formula is C9H14N2O2. The minimum Gasteiger partial charge on any atom is -0.481 e. The highest BCUT2D eigenvalue weighted by Crippen LogP contribution is 2.08. The Balaban J connectivity index is 2.22. The smallest absolute Gasteiger partial charge is 0.303 e. The first kappa shape index (κ1) is 9.77. The third-order valence-electron chi connectivity index (χ3n) is 1.93. The third kappa shape index (κ3) is 3.73. The van der Waals surface area contributed by atoms with E-state index in [9.17, 15) is 4.79 Å². The Morgan fingerprint density at radius 3 is 3.00 bits per heavy atom. The van der Waals surface area contributed by atoms with Gasteiger partial charge in [-0.15, -0.1) is 0 Å². The second-order valence-corrected chi connectivity index (χ2v) is 3.26. The Bertz CT molecular complexity index is 257. The Kier molecular flexibility index (Phi) is 3.49. The summed E-state index contributed by atoms with van der Waals surface area (Å²) in [5.74, 6) is -0.519. The summed E-state index contributed by atoms with van der Waals surface area (Å²) in [5, 5.41) is 12.6. The van der Waals surface area contributed by atoms with Crippen molar-refractivity contribution in [2.45, 2.75) is 26.3 Å². The Morgan fingerprint density at radius 2 is 2.46 bits per heavy atom. The Morgan fingerprint density at radius 1 is 1.69 bits per heavy atom. The molecule has 1 heterocycles. The molecule has 1 aromatic heterocycles. The van der Waals surface area contributed by atoms with Crippen molar-refractivity contribution in [3.63, 3.8) is 0 Å². The lowest BCUT2D eigenvalue weighted by Crippen LogP contribution is -2.08. The standard InChI is InChI=1S/C9H14N2O2/c1-8(7-9(12)13)3-6-11-5-2-4-10-11/h2,4-5,8H,3,6-7H2,1H3,(H,12,13). The number of aliphatic carboxylic acids is 1. The lowest BCUT2D eigenvalue weighted by Gasteiger charge is -2.07. The number of carboxylic acids is 1. The molecule has 4 nitrogen and oxygen atoms in total. The van der Waals surface area contributed by atoms with Gasteiger partial charge >= 0.3 is 5.97 Å². The summed E-state index contributed by atoms with van der Waals surface area (Å²) >= 11 is 0. The fourth-order valence-corrected chi connectivity index (χ4v) is 1.19. The number of rotatable bonds is 5. The fraction of sp³-hybridized carbons (Fsp3) is 0.556. The lowest BCUT2D eigenvalue weighted by atomic mass is 10.0. The topological polar surface area (TPSA) is 55.1 Å². The maximum atomic E-state index is 10.3. The number of hydrogen-bond donors (Lipinski definition) is 1. The second kappa shape index (κ2) is 4.64. The van der Waals surface area contributed by atoms with Gasteiger partial charge in [0.1, 0.15) is 0 Å². The van der Waals surface area contributed by atoms with E-state index in [1.807, 2.05) is 23.9 Å². The molecule has 0 aliphatic carbocycles. The van der Waals surface area contributed by atoms with E-state index in [2.05, 4.69) is 5.10 Å². The zero-order valence-corrected chi connectivity index (χ0v) is 7.68. The summed E-state index contributed by atoms with van der Waals surface area (Å²) in [4.78, 5) is 10.3. The quantitative estimate of drug-likeness (QED) is 0.748. The largest absolute Gasteiger partial charge is 0.481 e. The SMILES string of the molecule is CC(CCn1cccn1)CC(=O)O. The van der Waals surface area contributed by atoms with Crippen LogP contribution in [0.15, 0.2) is 18.5 Å². The van der Waals surface area contributed by atoms with Crippen molar-refractivity contribution in [2.24, 2.45) is 5.92 Å². The maximum absolute atomic E-state index is 10.3. The van der Waals surface area contributed by atoms with Crippen LogP contribution in [-0.4, -0.2) is 20.9 Å². The van der Waals surface area contributed by atoms with Gasteiger partial charge in [-0.3, -0.25) is 9.48 Å². The van der Waals surface area contributed by atoms with E-state index >= 15 is 0 Å². The fourth-order valence-electron chi connectivity index (χ4n) is 1.19. The van der Waals surface area contributed by atoms with Gasteiger partial charge in [0.2, 0.25) is 0 Å². The molecule has 0 amide bonds. The first-order chi connectivity index (χ1) is 6.18. The number of aryl methyl sites for hydroxylation is 1. The van der Waals surface area contributed by atoms with Crippen LogP contribution in [0.2, 0.25) is 0 Å². The first-order valence-electron chi connectivity index (χ1n) is 4.37. The van der Waals surface area contributed by atoms with E-state index in [4.69, 9.17) is 5.11 Å². The van der Waals surface area contributed by atoms with Gasteiger partial charge in [0.25, 0.3) is 0 Å². The summed E-state index contributed by atoms with van der Waals surface area (Å²) in [7, 11) is 0. The predicted molar refractivity (Wildman–Crippen MR) is 48.3 cm³/mol. The van der Waals surface area contributed by atoms with Crippen LogP contribution in [0.25, 0.3) is 0 Å². The van der Waals surface area contributed by atoms with E-state index < -0.39 is 5.97 Å². The summed E-state index contributed by atoms with van der Waals surface area (Å²) in [5.41, 5.74) is 0. The van der Waals surface area contributed by atoms with Crippen molar-refractivity contribution < 1.29 is 9.90 Å². The van der Waals surface area contributed by atoms with Gasteiger partial charge in [-0.25, -0.2) is 0 Å². The average molecular weight is 182 g/mol. The molecule has 0 fully saturated rings. The molecular weight excluding hydrogens is 168 g/mol. The molecule has 0 spiro atoms. The van der Waals surface area contributed by atoms with Crippen molar-refractivity contribution in [3.05, 3.63) is 18.5 Å². The summed E-state index contributed by atoms with van der Waals surface area (Å²) in [6.45, 7) is 2.74. The molecule has 0 saturated heterocycles. The molecule has 4 heteroatoms. The van der Waals surface area contributed by atoms with E-state index in [-0.39, 0.29) is 12.3 Å². The molecule has 0 aromatic carbocycles. The van der Waals surface area contributed by atoms with Crippen molar-refractivity contribution in [1.29, 1.82) is 0 Å². The lowest BCUT2D eigenvalue weighted by molar-refractivity contribution is -0.138. The molecule has 0 bridgehead atoms. The molecule has 0 aliphatic rings. The number of carboxylic acid groups (broad SMARTS) is 1. The molecule has 0 radical (unpaired) electrons. The summed E-state index contributed by atoms with van der Waals surface area (Å²) < 4.78 is 1.82. The normalized spacial score (nSPS) is 12.7. The Hall–Kier alpha value is -1.32. The highest BCUT2D eigenvalue weighted by molar-refractivity contribution is 5.66. The van der Waals surface area contributed by atoms with Crippen LogP contribution < -0.4 is 0 Å². The molecule has 0 saturated carbocycles. The van der Waals surface area contributed by atoms with Gasteiger partial charge < -0.3 is 5.11 Å². The number of aromatic nitrogens is 2. The van der Waals surface area contributed by atoms with Crippen LogP contribution in [0, 0.1) is 5.92 Å². The molecule has 13 heavy (non-hydrogen) atoms. The van der Waals surface area contributed by atoms with Crippen LogP contribution >= 0.6 is 0 Å². The highest BCUT2D eigenvalue weighted by Gasteiger charge is 2.07. The van der Waals surface area contributed by atoms with E-state index in [1.165, 1.54) is 0 Å². The van der Waals surface area contributed by atoms with Crippen LogP contribution in [0.5, 0.6) is 0 Å². The zero-order valence-electron chi connectivity index (χ0n) is 7.68. The van der Waals surface area contributed by atoms with Gasteiger partial charge in [0, 0.05) is 25.4 Å². The van der Waals surface area contributed by atoms with Crippen LogP contribution in [-0.2, 0) is 11.3 Å². The monoisotopic (exact) mass is 182 g/mol. The van der Waals surface area contributed by atoms with Crippen molar-refractivity contribution >= 4 is 5.97 Å². The van der Waals surface area contributed by atoms with E-state index in [0.717, 1.165) is 13.0 Å². The summed E-state index contributed by atoms with van der Waals surface area (Å²) in [6, 6.07) is 1.86. The molecule has 1 aromatic rings. The van der Waals surface area contributed by atoms with Crippen LogP contribution in [0.3, 0.4) is 0 Å².